The minimum atomic E-state index is -0.313. The maximum absolute atomic E-state index is 12.7. The van der Waals surface area contributed by atoms with Crippen molar-refractivity contribution in [2.24, 2.45) is 18.1 Å². The minimum absolute atomic E-state index is 0.113. The lowest BCUT2D eigenvalue weighted by atomic mass is 9.83. The SMILES string of the molecule is Cc1ccccc1C(C/C(=N/O)c1ccc(=O)n(C)c1)c1ccc(C(=O)N[C@H](CO)C(C)C)cc1. The zero-order valence-corrected chi connectivity index (χ0v) is 20.6. The van der Waals surface area contributed by atoms with Gasteiger partial charge >= 0.3 is 0 Å². The van der Waals surface area contributed by atoms with Gasteiger partial charge in [-0.1, -0.05) is 55.4 Å². The first-order chi connectivity index (χ1) is 16.7. The molecule has 1 unspecified atom stereocenters. The molecule has 3 rings (SSSR count). The summed E-state index contributed by atoms with van der Waals surface area (Å²) >= 11 is 0. The lowest BCUT2D eigenvalue weighted by molar-refractivity contribution is 0.0897. The van der Waals surface area contributed by atoms with E-state index in [-0.39, 0.29) is 36.0 Å². The molecule has 0 aliphatic heterocycles. The van der Waals surface area contributed by atoms with Crippen LogP contribution in [0.25, 0.3) is 0 Å². The number of carbonyl (C=O) groups excluding carboxylic acids is 1. The molecule has 2 aromatic carbocycles. The van der Waals surface area contributed by atoms with Gasteiger partial charge in [-0.2, -0.15) is 0 Å². The van der Waals surface area contributed by atoms with Crippen molar-refractivity contribution in [2.45, 2.75) is 39.2 Å². The van der Waals surface area contributed by atoms with Gasteiger partial charge in [-0.15, -0.1) is 0 Å². The zero-order chi connectivity index (χ0) is 25.5. The summed E-state index contributed by atoms with van der Waals surface area (Å²) in [5, 5.41) is 25.8. The normalized spacial score (nSPS) is 13.5. The number of nitrogens with one attached hydrogen (secondary N) is 1. The van der Waals surface area contributed by atoms with Crippen LogP contribution in [0.4, 0.5) is 0 Å². The van der Waals surface area contributed by atoms with Gasteiger partial charge in [0.2, 0.25) is 5.56 Å². The summed E-state index contributed by atoms with van der Waals surface area (Å²) in [6.45, 7) is 5.81. The van der Waals surface area contributed by atoms with Crippen LogP contribution in [-0.4, -0.2) is 39.1 Å². The Balaban J connectivity index is 1.95. The molecule has 7 nitrogen and oxygen atoms in total. The predicted molar refractivity (Wildman–Crippen MR) is 137 cm³/mol. The van der Waals surface area contributed by atoms with Crippen LogP contribution in [0.5, 0.6) is 0 Å². The number of aromatic nitrogens is 1. The summed E-state index contributed by atoms with van der Waals surface area (Å²) in [6.07, 6.45) is 2.05. The van der Waals surface area contributed by atoms with Crippen molar-refractivity contribution in [3.63, 3.8) is 0 Å². The number of aliphatic hydroxyl groups is 1. The average Bonchev–Trinajstić information content (AvgIpc) is 2.85. The van der Waals surface area contributed by atoms with E-state index in [0.29, 0.717) is 23.3 Å². The Morgan fingerprint density at radius 1 is 1.03 bits per heavy atom. The first-order valence-corrected chi connectivity index (χ1v) is 11.7. The summed E-state index contributed by atoms with van der Waals surface area (Å²) < 4.78 is 1.45. The number of pyridine rings is 1. The van der Waals surface area contributed by atoms with Gasteiger partial charge in [0.15, 0.2) is 0 Å². The van der Waals surface area contributed by atoms with Gasteiger partial charge in [-0.05, 0) is 47.7 Å². The zero-order valence-electron chi connectivity index (χ0n) is 20.6. The third-order valence-electron chi connectivity index (χ3n) is 6.39. The molecule has 35 heavy (non-hydrogen) atoms. The molecule has 0 radical (unpaired) electrons. The number of hydrogen-bond donors (Lipinski definition) is 3. The minimum Gasteiger partial charge on any atom is -0.411 e. The largest absolute Gasteiger partial charge is 0.411 e. The standard InChI is InChI=1S/C28H33N3O4/c1-18(2)26(17-32)29-28(34)21-11-9-20(10-12-21)24(23-8-6-5-7-19(23)3)15-25(30-35)22-13-14-27(33)31(4)16-22/h5-14,16,18,24,26,32,35H,15,17H2,1-4H3,(H,29,34)/b30-25-/t24?,26-/m1/s1. The van der Waals surface area contributed by atoms with Crippen molar-refractivity contribution in [1.82, 2.24) is 9.88 Å². The first-order valence-electron chi connectivity index (χ1n) is 11.7. The number of carbonyl (C=O) groups is 1. The number of nitrogens with zero attached hydrogens (tertiary/aromatic N) is 2. The molecule has 0 saturated heterocycles. The van der Waals surface area contributed by atoms with Crippen molar-refractivity contribution in [3.8, 4) is 0 Å². The fourth-order valence-electron chi connectivity index (χ4n) is 4.10. The van der Waals surface area contributed by atoms with Crippen LogP contribution in [-0.2, 0) is 7.05 Å². The number of oxime groups is 1. The second-order valence-corrected chi connectivity index (χ2v) is 9.16. The van der Waals surface area contributed by atoms with E-state index in [4.69, 9.17) is 0 Å². The highest BCUT2D eigenvalue weighted by Gasteiger charge is 2.22. The highest BCUT2D eigenvalue weighted by atomic mass is 16.4. The molecule has 0 spiro atoms. The van der Waals surface area contributed by atoms with Crippen LogP contribution in [0.15, 0.2) is 76.8 Å². The molecular formula is C28H33N3O4. The molecule has 0 fully saturated rings. The van der Waals surface area contributed by atoms with Crippen molar-refractivity contribution in [2.75, 3.05) is 6.61 Å². The van der Waals surface area contributed by atoms with E-state index in [2.05, 4.69) is 10.5 Å². The Labute approximate surface area is 205 Å². The monoisotopic (exact) mass is 475 g/mol. The van der Waals surface area contributed by atoms with E-state index < -0.39 is 0 Å². The van der Waals surface area contributed by atoms with Crippen molar-refractivity contribution in [1.29, 1.82) is 0 Å². The molecule has 2 atom stereocenters. The van der Waals surface area contributed by atoms with Gasteiger partial charge in [-0.25, -0.2) is 0 Å². The van der Waals surface area contributed by atoms with E-state index >= 15 is 0 Å². The molecule has 7 heteroatoms. The smallest absolute Gasteiger partial charge is 0.251 e. The number of benzene rings is 2. The van der Waals surface area contributed by atoms with Gasteiger partial charge in [0, 0.05) is 42.8 Å². The van der Waals surface area contributed by atoms with Gasteiger partial charge < -0.3 is 20.2 Å². The molecule has 1 amide bonds. The maximum Gasteiger partial charge on any atom is 0.251 e. The van der Waals surface area contributed by atoms with Gasteiger partial charge in [0.25, 0.3) is 5.91 Å². The highest BCUT2D eigenvalue weighted by molar-refractivity contribution is 6.00. The van der Waals surface area contributed by atoms with Crippen LogP contribution in [0.3, 0.4) is 0 Å². The molecule has 0 aliphatic carbocycles. The van der Waals surface area contributed by atoms with E-state index in [9.17, 15) is 19.9 Å². The molecule has 1 heterocycles. The van der Waals surface area contributed by atoms with E-state index in [1.165, 1.54) is 10.6 Å². The van der Waals surface area contributed by atoms with Gasteiger partial charge in [0.1, 0.15) is 0 Å². The third kappa shape index (κ3) is 6.25. The maximum atomic E-state index is 12.7. The highest BCUT2D eigenvalue weighted by Crippen LogP contribution is 2.32. The summed E-state index contributed by atoms with van der Waals surface area (Å²) in [6, 6.07) is 18.2. The Morgan fingerprint density at radius 3 is 2.26 bits per heavy atom. The van der Waals surface area contributed by atoms with Crippen LogP contribution in [0, 0.1) is 12.8 Å². The molecule has 3 N–H and O–H groups in total. The molecule has 0 bridgehead atoms. The molecule has 1 aromatic heterocycles. The Kier molecular flexibility index (Phi) is 8.60. The molecule has 0 saturated carbocycles. The molecule has 0 aliphatic rings. The molecule has 184 valence electrons. The average molecular weight is 476 g/mol. The quantitative estimate of drug-likeness (QED) is 0.248. The van der Waals surface area contributed by atoms with Gasteiger partial charge in [0.05, 0.1) is 18.4 Å². The summed E-state index contributed by atoms with van der Waals surface area (Å²) in [5.41, 5.74) is 4.62. The van der Waals surface area contributed by atoms with Crippen LogP contribution < -0.4 is 10.9 Å². The van der Waals surface area contributed by atoms with Crippen LogP contribution in [0.1, 0.15) is 58.8 Å². The number of aliphatic hydroxyl groups excluding tert-OH is 1. The lowest BCUT2D eigenvalue weighted by Crippen LogP contribution is -2.41. The summed E-state index contributed by atoms with van der Waals surface area (Å²) in [7, 11) is 1.66. The number of amides is 1. The Morgan fingerprint density at radius 2 is 1.69 bits per heavy atom. The topological polar surface area (TPSA) is 104 Å². The second-order valence-electron chi connectivity index (χ2n) is 9.16. The molecule has 3 aromatic rings. The number of hydrogen-bond acceptors (Lipinski definition) is 5. The van der Waals surface area contributed by atoms with E-state index in [1.54, 1.807) is 31.4 Å². The summed E-state index contributed by atoms with van der Waals surface area (Å²) in [5.74, 6) is -0.265. The number of rotatable bonds is 9. The summed E-state index contributed by atoms with van der Waals surface area (Å²) in [4.78, 5) is 24.5. The second kappa shape index (κ2) is 11.6. The lowest BCUT2D eigenvalue weighted by Gasteiger charge is -2.22. The van der Waals surface area contributed by atoms with Crippen LogP contribution in [0.2, 0.25) is 0 Å². The number of aryl methyl sites for hydroxylation is 2. The van der Waals surface area contributed by atoms with Crippen molar-refractivity contribution < 1.29 is 15.1 Å². The molecular weight excluding hydrogens is 442 g/mol. The van der Waals surface area contributed by atoms with E-state index in [1.807, 2.05) is 57.2 Å². The fraction of sp³-hybridized carbons (Fsp3) is 0.321. The predicted octanol–water partition coefficient (Wildman–Crippen LogP) is 3.84. The van der Waals surface area contributed by atoms with Crippen molar-refractivity contribution in [3.05, 3.63) is 105 Å². The fourth-order valence-corrected chi connectivity index (χ4v) is 4.10. The first kappa shape index (κ1) is 25.9. The third-order valence-corrected chi connectivity index (χ3v) is 6.39. The Hall–Kier alpha value is -3.71. The van der Waals surface area contributed by atoms with Gasteiger partial charge in [-0.3, -0.25) is 9.59 Å². The van der Waals surface area contributed by atoms with Crippen molar-refractivity contribution >= 4 is 11.6 Å². The van der Waals surface area contributed by atoms with E-state index in [0.717, 1.165) is 16.7 Å². The van der Waals surface area contributed by atoms with Crippen LogP contribution >= 0.6 is 0 Å². The Bertz CT molecular complexity index is 1250.